The van der Waals surface area contributed by atoms with Crippen LogP contribution in [0.15, 0.2) is 6.07 Å². The van der Waals surface area contributed by atoms with E-state index >= 15 is 0 Å². The molecule has 0 aromatic carbocycles. The molecule has 2 aromatic rings. The molecule has 0 spiro atoms. The summed E-state index contributed by atoms with van der Waals surface area (Å²) in [5.41, 5.74) is 2.86. The van der Waals surface area contributed by atoms with Crippen LogP contribution in [0.5, 0.6) is 5.75 Å². The van der Waals surface area contributed by atoms with Crippen LogP contribution in [-0.2, 0) is 29.2 Å². The lowest BCUT2D eigenvalue weighted by Gasteiger charge is -2.34. The molecule has 7 nitrogen and oxygen atoms in total. The van der Waals surface area contributed by atoms with Crippen molar-refractivity contribution in [3.05, 3.63) is 23.0 Å². The Kier molecular flexibility index (Phi) is 3.47. The highest BCUT2D eigenvalue weighted by Crippen LogP contribution is 2.39. The Balaban J connectivity index is 1.75. The Morgan fingerprint density at radius 1 is 1.40 bits per heavy atom. The number of hydrogen-bond acceptors (Lipinski definition) is 5. The molecule has 1 atom stereocenters. The van der Waals surface area contributed by atoms with Gasteiger partial charge in [-0.1, -0.05) is 0 Å². The van der Waals surface area contributed by atoms with Crippen molar-refractivity contribution < 1.29 is 19.4 Å². The first-order chi connectivity index (χ1) is 11.7. The van der Waals surface area contributed by atoms with Crippen molar-refractivity contribution in [2.24, 2.45) is 0 Å². The minimum atomic E-state index is -0.547. The maximum Gasteiger partial charge on any atom is 0.410 e. The van der Waals surface area contributed by atoms with Crippen LogP contribution in [0.1, 0.15) is 50.7 Å². The first kappa shape index (κ1) is 16.2. The van der Waals surface area contributed by atoms with E-state index in [1.165, 1.54) is 0 Å². The molecule has 0 bridgehead atoms. The van der Waals surface area contributed by atoms with Gasteiger partial charge in [0.05, 0.1) is 42.6 Å². The van der Waals surface area contributed by atoms with Crippen molar-refractivity contribution in [1.82, 2.24) is 14.5 Å². The number of aromatic nitrogens is 2. The Morgan fingerprint density at radius 3 is 2.88 bits per heavy atom. The summed E-state index contributed by atoms with van der Waals surface area (Å²) in [6.45, 7) is 9.41. The van der Waals surface area contributed by atoms with Crippen LogP contribution in [0, 0.1) is 0 Å². The zero-order valence-corrected chi connectivity index (χ0v) is 15.0. The molecule has 2 aromatic heterocycles. The third-order valence-electron chi connectivity index (χ3n) is 4.63. The molecule has 2 aliphatic heterocycles. The topological polar surface area (TPSA) is 76.8 Å². The number of carbonyl (C=O) groups is 1. The zero-order valence-electron chi connectivity index (χ0n) is 15.0. The SMILES string of the molecule is C[C@@H]1CN(C(=O)OC(C)(C)C)Cc2c(O)c3cc4c(nc3n21)COC4. The molecular weight excluding hydrogens is 322 g/mol. The smallest absolute Gasteiger partial charge is 0.410 e. The van der Waals surface area contributed by atoms with Crippen molar-refractivity contribution in [2.75, 3.05) is 6.54 Å². The first-order valence-electron chi connectivity index (χ1n) is 8.55. The van der Waals surface area contributed by atoms with Crippen LogP contribution in [-0.4, -0.2) is 37.8 Å². The molecule has 2 aliphatic rings. The number of pyridine rings is 1. The van der Waals surface area contributed by atoms with Crippen molar-refractivity contribution in [2.45, 2.75) is 59.1 Å². The van der Waals surface area contributed by atoms with Crippen molar-refractivity contribution in [1.29, 1.82) is 0 Å². The van der Waals surface area contributed by atoms with Crippen LogP contribution in [0.4, 0.5) is 4.79 Å². The van der Waals surface area contributed by atoms with E-state index < -0.39 is 5.60 Å². The predicted molar refractivity (Wildman–Crippen MR) is 91.2 cm³/mol. The molecule has 4 rings (SSSR count). The monoisotopic (exact) mass is 345 g/mol. The summed E-state index contributed by atoms with van der Waals surface area (Å²) in [7, 11) is 0. The number of amides is 1. The van der Waals surface area contributed by atoms with Gasteiger partial charge in [-0.2, -0.15) is 0 Å². The van der Waals surface area contributed by atoms with Crippen LogP contribution >= 0.6 is 0 Å². The van der Waals surface area contributed by atoms with E-state index in [-0.39, 0.29) is 17.9 Å². The normalized spacial score (nSPS) is 19.8. The predicted octanol–water partition coefficient (Wildman–Crippen LogP) is 3.08. The second-order valence-electron chi connectivity index (χ2n) is 7.83. The van der Waals surface area contributed by atoms with E-state index in [9.17, 15) is 9.90 Å². The van der Waals surface area contributed by atoms with Gasteiger partial charge >= 0.3 is 6.09 Å². The number of rotatable bonds is 0. The molecule has 134 valence electrons. The number of carbonyl (C=O) groups excluding carboxylic acids is 1. The number of aromatic hydroxyl groups is 1. The molecule has 0 aliphatic carbocycles. The third kappa shape index (κ3) is 2.63. The van der Waals surface area contributed by atoms with E-state index in [0.717, 1.165) is 22.3 Å². The van der Waals surface area contributed by atoms with Gasteiger partial charge < -0.3 is 24.0 Å². The highest BCUT2D eigenvalue weighted by Gasteiger charge is 2.33. The second kappa shape index (κ2) is 5.36. The van der Waals surface area contributed by atoms with E-state index in [4.69, 9.17) is 14.5 Å². The van der Waals surface area contributed by atoms with Gasteiger partial charge in [0.15, 0.2) is 0 Å². The van der Waals surface area contributed by atoms with Gasteiger partial charge in [-0.05, 0) is 33.8 Å². The van der Waals surface area contributed by atoms with Crippen LogP contribution in [0.25, 0.3) is 11.0 Å². The summed E-state index contributed by atoms with van der Waals surface area (Å²) in [6.07, 6.45) is -0.362. The highest BCUT2D eigenvalue weighted by atomic mass is 16.6. The Labute approximate surface area is 146 Å². The first-order valence-corrected chi connectivity index (χ1v) is 8.55. The molecule has 4 heterocycles. The van der Waals surface area contributed by atoms with Gasteiger partial charge in [0.2, 0.25) is 0 Å². The van der Waals surface area contributed by atoms with Crippen LogP contribution < -0.4 is 0 Å². The summed E-state index contributed by atoms with van der Waals surface area (Å²) < 4.78 is 13.0. The molecule has 0 fully saturated rings. The van der Waals surface area contributed by atoms with Gasteiger partial charge in [-0.15, -0.1) is 0 Å². The van der Waals surface area contributed by atoms with Gasteiger partial charge in [0.25, 0.3) is 0 Å². The number of fused-ring (bicyclic) bond motifs is 4. The zero-order chi connectivity index (χ0) is 17.9. The standard InChI is InChI=1S/C18H23N3O4/c1-10-6-20(17(23)25-18(2,3)4)7-14-15(22)12-5-11-8-24-9-13(11)19-16(12)21(10)14/h5,10,22H,6-9H2,1-4H3/t10-/m1/s1. The van der Waals surface area contributed by atoms with E-state index in [1.807, 2.05) is 38.3 Å². The van der Waals surface area contributed by atoms with Gasteiger partial charge in [-0.3, -0.25) is 0 Å². The van der Waals surface area contributed by atoms with Crippen molar-refractivity contribution in [3.63, 3.8) is 0 Å². The summed E-state index contributed by atoms with van der Waals surface area (Å²) in [4.78, 5) is 18.8. The molecule has 1 N–H and O–H groups in total. The fraction of sp³-hybridized carbons (Fsp3) is 0.556. The maximum atomic E-state index is 12.4. The van der Waals surface area contributed by atoms with Crippen LogP contribution in [0.3, 0.4) is 0 Å². The fourth-order valence-electron chi connectivity index (χ4n) is 3.58. The van der Waals surface area contributed by atoms with E-state index in [0.29, 0.717) is 32.0 Å². The van der Waals surface area contributed by atoms with Gasteiger partial charge in [-0.25, -0.2) is 9.78 Å². The lowest BCUT2D eigenvalue weighted by molar-refractivity contribution is 0.0174. The minimum absolute atomic E-state index is 0.00691. The van der Waals surface area contributed by atoms with E-state index in [1.54, 1.807) is 4.90 Å². The molecule has 1 amide bonds. The summed E-state index contributed by atoms with van der Waals surface area (Å²) >= 11 is 0. The fourth-order valence-corrected chi connectivity index (χ4v) is 3.58. The van der Waals surface area contributed by atoms with E-state index in [2.05, 4.69) is 0 Å². The molecule has 0 radical (unpaired) electrons. The average molecular weight is 345 g/mol. The van der Waals surface area contributed by atoms with Gasteiger partial charge in [0, 0.05) is 12.1 Å². The lowest BCUT2D eigenvalue weighted by Crippen LogP contribution is -2.42. The molecule has 7 heteroatoms. The highest BCUT2D eigenvalue weighted by molar-refractivity contribution is 5.87. The molecule has 0 unspecified atom stereocenters. The molecule has 25 heavy (non-hydrogen) atoms. The largest absolute Gasteiger partial charge is 0.505 e. The Bertz CT molecular complexity index is 866. The molecule has 0 saturated carbocycles. The van der Waals surface area contributed by atoms with Crippen molar-refractivity contribution >= 4 is 17.1 Å². The third-order valence-corrected chi connectivity index (χ3v) is 4.63. The van der Waals surface area contributed by atoms with Gasteiger partial charge in [0.1, 0.15) is 17.0 Å². The lowest BCUT2D eigenvalue weighted by atomic mass is 10.2. The summed E-state index contributed by atoms with van der Waals surface area (Å²) in [5, 5.41) is 11.5. The average Bonchev–Trinajstić information content (AvgIpc) is 3.07. The number of hydrogen-bond donors (Lipinski definition) is 1. The second-order valence-corrected chi connectivity index (χ2v) is 7.83. The quantitative estimate of drug-likeness (QED) is 0.794. The molecular formula is C18H23N3O4. The summed E-state index contributed by atoms with van der Waals surface area (Å²) in [6, 6.07) is 1.95. The molecule has 0 saturated heterocycles. The van der Waals surface area contributed by atoms with Crippen LogP contribution in [0.2, 0.25) is 0 Å². The maximum absolute atomic E-state index is 12.4. The Morgan fingerprint density at radius 2 is 2.16 bits per heavy atom. The summed E-state index contributed by atoms with van der Waals surface area (Å²) in [5.74, 6) is 0.192. The minimum Gasteiger partial charge on any atom is -0.505 e. The van der Waals surface area contributed by atoms with Crippen molar-refractivity contribution in [3.8, 4) is 5.75 Å². The number of nitrogens with zero attached hydrogens (tertiary/aromatic N) is 3. The Hall–Kier alpha value is -2.28. The number of ether oxygens (including phenoxy) is 2.